The van der Waals surface area contributed by atoms with Crippen molar-refractivity contribution in [2.24, 2.45) is 0 Å². The van der Waals surface area contributed by atoms with Crippen LogP contribution in [0.1, 0.15) is 5.56 Å². The summed E-state index contributed by atoms with van der Waals surface area (Å²) in [5.41, 5.74) is -2.92. The monoisotopic (exact) mass is 427 g/mol. The van der Waals surface area contributed by atoms with Crippen LogP contribution in [0, 0.1) is 5.82 Å². The van der Waals surface area contributed by atoms with Crippen LogP contribution >= 0.6 is 0 Å². The van der Waals surface area contributed by atoms with Crippen molar-refractivity contribution in [1.29, 1.82) is 0 Å². The third kappa shape index (κ3) is 4.33. The molecule has 0 fully saturated rings. The van der Waals surface area contributed by atoms with Crippen LogP contribution in [0.25, 0.3) is 0 Å². The average Bonchev–Trinajstić information content (AvgIpc) is 2.61. The SMILES string of the molecule is Fc1ccc2c(c1)NCC(Cc1cccc(OC(F)(F)C(F)F)c1)(C(F)(F)F)O2. The van der Waals surface area contributed by atoms with Crippen molar-refractivity contribution in [3.8, 4) is 11.5 Å². The summed E-state index contributed by atoms with van der Waals surface area (Å²) >= 11 is 0. The topological polar surface area (TPSA) is 30.5 Å². The van der Waals surface area contributed by atoms with Gasteiger partial charge in [0.05, 0.1) is 12.2 Å². The Morgan fingerprint density at radius 2 is 1.79 bits per heavy atom. The molecular weight excluding hydrogens is 414 g/mol. The molecule has 0 aromatic heterocycles. The van der Waals surface area contributed by atoms with Crippen LogP contribution in [0.4, 0.5) is 40.8 Å². The second-order valence-electron chi connectivity index (χ2n) is 6.38. The Morgan fingerprint density at radius 1 is 1.07 bits per heavy atom. The molecule has 158 valence electrons. The zero-order valence-corrected chi connectivity index (χ0v) is 14.4. The quantitative estimate of drug-likeness (QED) is 0.648. The molecule has 2 aromatic rings. The van der Waals surface area contributed by atoms with Crippen LogP contribution in [0.15, 0.2) is 42.5 Å². The lowest BCUT2D eigenvalue weighted by atomic mass is 9.91. The average molecular weight is 427 g/mol. The number of hydrogen-bond acceptors (Lipinski definition) is 3. The van der Waals surface area contributed by atoms with Gasteiger partial charge in [0.2, 0.25) is 5.60 Å². The summed E-state index contributed by atoms with van der Waals surface area (Å²) in [5.74, 6) is -1.65. The minimum absolute atomic E-state index is 0.0264. The number of ether oxygens (including phenoxy) is 2. The first-order chi connectivity index (χ1) is 13.4. The summed E-state index contributed by atoms with van der Waals surface area (Å²) in [6.45, 7) is -0.786. The van der Waals surface area contributed by atoms with Crippen molar-refractivity contribution >= 4 is 5.69 Å². The fraction of sp³-hybridized carbons (Fsp3) is 0.333. The molecule has 1 N–H and O–H groups in total. The maximum Gasteiger partial charge on any atom is 0.461 e. The number of rotatable bonds is 5. The van der Waals surface area contributed by atoms with Gasteiger partial charge in [-0.2, -0.15) is 30.7 Å². The van der Waals surface area contributed by atoms with Crippen LogP contribution < -0.4 is 14.8 Å². The van der Waals surface area contributed by atoms with Gasteiger partial charge in [0, 0.05) is 12.5 Å². The van der Waals surface area contributed by atoms with Crippen molar-refractivity contribution in [2.45, 2.75) is 30.7 Å². The summed E-state index contributed by atoms with van der Waals surface area (Å²) < 4.78 is 115. The molecule has 1 unspecified atom stereocenters. The molecule has 29 heavy (non-hydrogen) atoms. The first-order valence-corrected chi connectivity index (χ1v) is 8.15. The van der Waals surface area contributed by atoms with Gasteiger partial charge < -0.3 is 14.8 Å². The van der Waals surface area contributed by atoms with Gasteiger partial charge in [-0.25, -0.2) is 4.39 Å². The number of hydrogen-bond donors (Lipinski definition) is 1. The van der Waals surface area contributed by atoms with E-state index in [2.05, 4.69) is 10.1 Å². The summed E-state index contributed by atoms with van der Waals surface area (Å²) in [6.07, 6.45) is -14.7. The molecule has 0 spiro atoms. The van der Waals surface area contributed by atoms with Crippen LogP contribution in [-0.2, 0) is 6.42 Å². The first-order valence-electron chi connectivity index (χ1n) is 8.15. The van der Waals surface area contributed by atoms with Crippen LogP contribution in [0.5, 0.6) is 11.5 Å². The van der Waals surface area contributed by atoms with Crippen molar-refractivity contribution in [2.75, 3.05) is 11.9 Å². The molecule has 0 amide bonds. The lowest BCUT2D eigenvalue weighted by Gasteiger charge is -2.40. The molecule has 1 heterocycles. The lowest BCUT2D eigenvalue weighted by Crippen LogP contribution is -2.58. The predicted octanol–water partition coefficient (Wildman–Crippen LogP) is 5.41. The van der Waals surface area contributed by atoms with Gasteiger partial charge in [0.1, 0.15) is 17.3 Å². The van der Waals surface area contributed by atoms with Crippen LogP contribution in [0.2, 0.25) is 0 Å². The van der Waals surface area contributed by atoms with Crippen molar-refractivity contribution in [3.05, 3.63) is 53.8 Å². The molecule has 1 aliphatic rings. The summed E-state index contributed by atoms with van der Waals surface area (Å²) in [5, 5.41) is 2.45. The molecule has 0 radical (unpaired) electrons. The smallest absolute Gasteiger partial charge is 0.461 e. The van der Waals surface area contributed by atoms with E-state index >= 15 is 0 Å². The fourth-order valence-corrected chi connectivity index (χ4v) is 2.82. The van der Waals surface area contributed by atoms with Crippen molar-refractivity contribution in [3.63, 3.8) is 0 Å². The van der Waals surface area contributed by atoms with Gasteiger partial charge in [0.15, 0.2) is 0 Å². The van der Waals surface area contributed by atoms with E-state index in [0.29, 0.717) is 0 Å². The van der Waals surface area contributed by atoms with Gasteiger partial charge in [0.25, 0.3) is 0 Å². The van der Waals surface area contributed by atoms with E-state index in [4.69, 9.17) is 4.74 Å². The summed E-state index contributed by atoms with van der Waals surface area (Å²) in [6, 6.07) is 6.91. The van der Waals surface area contributed by atoms with Gasteiger partial charge >= 0.3 is 18.7 Å². The molecule has 0 saturated carbocycles. The zero-order valence-electron chi connectivity index (χ0n) is 14.4. The Hall–Kier alpha value is -2.72. The second-order valence-corrected chi connectivity index (χ2v) is 6.38. The number of fused-ring (bicyclic) bond motifs is 1. The molecule has 1 aliphatic heterocycles. The van der Waals surface area contributed by atoms with Gasteiger partial charge in [-0.1, -0.05) is 12.1 Å². The second kappa shape index (κ2) is 7.27. The Labute approximate surface area is 159 Å². The van der Waals surface area contributed by atoms with Gasteiger partial charge in [-0.05, 0) is 29.8 Å². The highest BCUT2D eigenvalue weighted by Crippen LogP contribution is 2.43. The molecule has 0 saturated heterocycles. The molecule has 3 nitrogen and oxygen atoms in total. The number of nitrogens with one attached hydrogen (secondary N) is 1. The molecule has 0 aliphatic carbocycles. The number of anilines is 1. The highest BCUT2D eigenvalue weighted by atomic mass is 19.4. The van der Waals surface area contributed by atoms with E-state index in [9.17, 15) is 35.1 Å². The molecule has 2 aromatic carbocycles. The molecule has 11 heteroatoms. The normalized spacial score (nSPS) is 19.3. The minimum atomic E-state index is -4.91. The largest absolute Gasteiger partial charge is 0.473 e. The minimum Gasteiger partial charge on any atom is -0.473 e. The Morgan fingerprint density at radius 3 is 2.45 bits per heavy atom. The van der Waals surface area contributed by atoms with E-state index in [1.54, 1.807) is 0 Å². The third-order valence-corrected chi connectivity index (χ3v) is 4.22. The highest BCUT2D eigenvalue weighted by molar-refractivity contribution is 5.59. The molecule has 0 bridgehead atoms. The van der Waals surface area contributed by atoms with Crippen LogP contribution in [-0.4, -0.2) is 30.9 Å². The van der Waals surface area contributed by atoms with Crippen LogP contribution in [0.3, 0.4) is 0 Å². The van der Waals surface area contributed by atoms with E-state index in [1.807, 2.05) is 0 Å². The summed E-state index contributed by atoms with van der Waals surface area (Å²) in [7, 11) is 0. The van der Waals surface area contributed by atoms with E-state index in [1.165, 1.54) is 6.07 Å². The third-order valence-electron chi connectivity index (χ3n) is 4.22. The lowest BCUT2D eigenvalue weighted by molar-refractivity contribution is -0.253. The summed E-state index contributed by atoms with van der Waals surface area (Å²) in [4.78, 5) is 0. The maximum absolute atomic E-state index is 13.8. The number of halogens is 8. The molecular formula is C18H13F8NO2. The van der Waals surface area contributed by atoms with Gasteiger partial charge in [-0.3, -0.25) is 0 Å². The first kappa shape index (κ1) is 21.0. The molecule has 3 rings (SSSR count). The highest BCUT2D eigenvalue weighted by Gasteiger charge is 2.58. The van der Waals surface area contributed by atoms with E-state index in [0.717, 1.165) is 36.4 Å². The Balaban J connectivity index is 1.89. The zero-order chi connectivity index (χ0) is 21.4. The van der Waals surface area contributed by atoms with Crippen molar-refractivity contribution in [1.82, 2.24) is 0 Å². The van der Waals surface area contributed by atoms with Gasteiger partial charge in [-0.15, -0.1) is 0 Å². The number of alkyl halides is 7. The Bertz CT molecular complexity index is 886. The standard InChI is InChI=1S/C18H13F8NO2/c19-11-4-5-14-13(7-11)27-9-16(29-14,18(24,25)26)8-10-2-1-3-12(6-10)28-17(22,23)15(20)21/h1-7,15,27H,8-9H2. The van der Waals surface area contributed by atoms with Crippen molar-refractivity contribution < 1.29 is 44.6 Å². The maximum atomic E-state index is 13.8. The number of benzene rings is 2. The fourth-order valence-electron chi connectivity index (χ4n) is 2.82. The van der Waals surface area contributed by atoms with E-state index in [-0.39, 0.29) is 17.0 Å². The predicted molar refractivity (Wildman–Crippen MR) is 86.0 cm³/mol. The Kier molecular flexibility index (Phi) is 5.26. The van der Waals surface area contributed by atoms with E-state index < -0.39 is 48.8 Å². The molecule has 1 atom stereocenters.